The van der Waals surface area contributed by atoms with Crippen molar-refractivity contribution in [2.24, 2.45) is 0 Å². The van der Waals surface area contributed by atoms with E-state index in [2.05, 4.69) is 50.6 Å². The Hall–Kier alpha value is -0.540. The Kier molecular flexibility index (Phi) is 2.53. The monoisotopic (exact) mass is 312 g/mol. The number of rotatable bonds is 2. The Balaban J connectivity index is 2.32. The van der Waals surface area contributed by atoms with Gasteiger partial charge in [-0.05, 0) is 44.9 Å². The predicted octanol–water partition coefficient (Wildman–Crippen LogP) is 4.61. The van der Waals surface area contributed by atoms with Crippen LogP contribution in [0.3, 0.4) is 0 Å². The minimum atomic E-state index is -0.0569. The van der Waals surface area contributed by atoms with Crippen molar-refractivity contribution in [1.29, 1.82) is 0 Å². The maximum atomic E-state index is 6.26. The predicted molar refractivity (Wildman–Crippen MR) is 74.6 cm³/mol. The van der Waals surface area contributed by atoms with Crippen LogP contribution < -0.4 is 0 Å². The molecule has 17 heavy (non-hydrogen) atoms. The van der Waals surface area contributed by atoms with Gasteiger partial charge < -0.3 is 4.57 Å². The first-order valence-corrected chi connectivity index (χ1v) is 7.07. The molecule has 3 rings (SSSR count). The molecular formula is C13H14BrClN2. The average Bonchev–Trinajstić information content (AvgIpc) is 2.88. The molecule has 0 saturated heterocycles. The Morgan fingerprint density at radius 1 is 1.47 bits per heavy atom. The number of hydrogen-bond donors (Lipinski definition) is 0. The average molecular weight is 314 g/mol. The zero-order valence-corrected chi connectivity index (χ0v) is 12.2. The maximum Gasteiger partial charge on any atom is 0.128 e. The molecule has 1 fully saturated rings. The normalized spacial score (nSPS) is 19.5. The number of fused-ring (bicyclic) bond motifs is 1. The molecule has 0 spiro atoms. The van der Waals surface area contributed by atoms with E-state index < -0.39 is 0 Å². The van der Waals surface area contributed by atoms with Gasteiger partial charge in [-0.1, -0.05) is 15.9 Å². The molecule has 1 atom stereocenters. The lowest BCUT2D eigenvalue weighted by Gasteiger charge is -2.17. The lowest BCUT2D eigenvalue weighted by atomic mass is 10.2. The highest BCUT2D eigenvalue weighted by molar-refractivity contribution is 9.10. The molecule has 0 bridgehead atoms. The van der Waals surface area contributed by atoms with Crippen LogP contribution in [0.1, 0.15) is 37.9 Å². The smallest absolute Gasteiger partial charge is 0.128 e. The minimum Gasteiger partial charge on any atom is -0.321 e. The van der Waals surface area contributed by atoms with E-state index in [1.165, 1.54) is 18.4 Å². The number of benzene rings is 1. The van der Waals surface area contributed by atoms with E-state index in [0.29, 0.717) is 0 Å². The van der Waals surface area contributed by atoms with Gasteiger partial charge in [0.25, 0.3) is 0 Å². The molecule has 1 aliphatic rings. The van der Waals surface area contributed by atoms with Gasteiger partial charge in [0.15, 0.2) is 0 Å². The Morgan fingerprint density at radius 2 is 2.18 bits per heavy atom. The topological polar surface area (TPSA) is 17.8 Å². The summed E-state index contributed by atoms with van der Waals surface area (Å²) in [5, 5.41) is -0.0569. The molecule has 0 aliphatic heterocycles. The van der Waals surface area contributed by atoms with Crippen LogP contribution in [-0.4, -0.2) is 9.55 Å². The van der Waals surface area contributed by atoms with Crippen LogP contribution in [0.5, 0.6) is 0 Å². The van der Waals surface area contributed by atoms with E-state index >= 15 is 0 Å². The van der Waals surface area contributed by atoms with Crippen molar-refractivity contribution >= 4 is 38.6 Å². The third kappa shape index (κ3) is 1.80. The van der Waals surface area contributed by atoms with Crippen LogP contribution in [0.15, 0.2) is 22.7 Å². The SMILES string of the molecule is CC(Cl)c1nc2cc(Br)ccc2n1C1(C)CC1. The number of halogens is 2. The van der Waals surface area contributed by atoms with E-state index in [-0.39, 0.29) is 10.9 Å². The maximum absolute atomic E-state index is 6.26. The number of aromatic nitrogens is 2. The van der Waals surface area contributed by atoms with Gasteiger partial charge in [0.2, 0.25) is 0 Å². The molecule has 1 unspecified atom stereocenters. The lowest BCUT2D eigenvalue weighted by Crippen LogP contribution is -2.16. The molecule has 1 saturated carbocycles. The van der Waals surface area contributed by atoms with Crippen molar-refractivity contribution in [3.05, 3.63) is 28.5 Å². The van der Waals surface area contributed by atoms with Gasteiger partial charge >= 0.3 is 0 Å². The van der Waals surface area contributed by atoms with Gasteiger partial charge in [0, 0.05) is 10.0 Å². The summed E-state index contributed by atoms with van der Waals surface area (Å²) in [5.74, 6) is 0.986. The zero-order valence-electron chi connectivity index (χ0n) is 9.87. The summed E-state index contributed by atoms with van der Waals surface area (Å²) in [6.07, 6.45) is 2.43. The van der Waals surface area contributed by atoms with E-state index in [4.69, 9.17) is 11.6 Å². The van der Waals surface area contributed by atoms with Gasteiger partial charge in [0.05, 0.1) is 16.4 Å². The summed E-state index contributed by atoms with van der Waals surface area (Å²) < 4.78 is 3.39. The molecule has 90 valence electrons. The first kappa shape index (κ1) is 11.5. The van der Waals surface area contributed by atoms with Crippen LogP contribution in [0.4, 0.5) is 0 Å². The fourth-order valence-electron chi connectivity index (χ4n) is 2.31. The molecular weight excluding hydrogens is 300 g/mol. The van der Waals surface area contributed by atoms with E-state index in [0.717, 1.165) is 15.8 Å². The highest BCUT2D eigenvalue weighted by Gasteiger charge is 2.42. The van der Waals surface area contributed by atoms with Gasteiger partial charge in [-0.2, -0.15) is 0 Å². The summed E-state index contributed by atoms with van der Waals surface area (Å²) in [4.78, 5) is 4.68. The second-order valence-corrected chi connectivity index (χ2v) is 6.62. The van der Waals surface area contributed by atoms with Crippen molar-refractivity contribution in [2.45, 2.75) is 37.6 Å². The quantitative estimate of drug-likeness (QED) is 0.740. The molecule has 4 heteroatoms. The van der Waals surface area contributed by atoms with Gasteiger partial charge in [-0.3, -0.25) is 0 Å². The van der Waals surface area contributed by atoms with Crippen LogP contribution in [0.2, 0.25) is 0 Å². The molecule has 0 N–H and O–H groups in total. The molecule has 2 aromatic rings. The highest BCUT2D eigenvalue weighted by atomic mass is 79.9. The molecule has 1 aromatic heterocycles. The Labute approximate surface area is 114 Å². The largest absolute Gasteiger partial charge is 0.321 e. The zero-order chi connectivity index (χ0) is 12.2. The summed E-state index contributed by atoms with van der Waals surface area (Å²) in [6, 6.07) is 6.24. The fraction of sp³-hybridized carbons (Fsp3) is 0.462. The summed E-state index contributed by atoms with van der Waals surface area (Å²) in [5.41, 5.74) is 2.44. The molecule has 0 radical (unpaired) electrons. The molecule has 1 aliphatic carbocycles. The first-order chi connectivity index (χ1) is 8.01. The third-order valence-electron chi connectivity index (χ3n) is 3.51. The fourth-order valence-corrected chi connectivity index (χ4v) is 2.81. The number of nitrogens with zero attached hydrogens (tertiary/aromatic N) is 2. The third-order valence-corrected chi connectivity index (χ3v) is 4.20. The Morgan fingerprint density at radius 3 is 2.76 bits per heavy atom. The van der Waals surface area contributed by atoms with Crippen LogP contribution in [-0.2, 0) is 5.54 Å². The van der Waals surface area contributed by atoms with Crippen molar-refractivity contribution in [3.8, 4) is 0 Å². The highest BCUT2D eigenvalue weighted by Crippen LogP contribution is 2.47. The minimum absolute atomic E-state index is 0.0569. The molecule has 0 amide bonds. The number of imidazole rings is 1. The first-order valence-electron chi connectivity index (χ1n) is 5.84. The van der Waals surface area contributed by atoms with Crippen molar-refractivity contribution in [3.63, 3.8) is 0 Å². The molecule has 1 heterocycles. The second-order valence-electron chi connectivity index (χ2n) is 5.05. The van der Waals surface area contributed by atoms with Crippen LogP contribution >= 0.6 is 27.5 Å². The van der Waals surface area contributed by atoms with Crippen molar-refractivity contribution in [1.82, 2.24) is 9.55 Å². The van der Waals surface area contributed by atoms with Gasteiger partial charge in [-0.25, -0.2) is 4.98 Å². The summed E-state index contributed by atoms with van der Waals surface area (Å²) in [7, 11) is 0. The van der Waals surface area contributed by atoms with Crippen LogP contribution in [0.25, 0.3) is 11.0 Å². The van der Waals surface area contributed by atoms with Crippen molar-refractivity contribution in [2.75, 3.05) is 0 Å². The van der Waals surface area contributed by atoms with E-state index in [1.807, 2.05) is 6.92 Å². The van der Waals surface area contributed by atoms with Gasteiger partial charge in [0.1, 0.15) is 5.82 Å². The van der Waals surface area contributed by atoms with Crippen LogP contribution in [0, 0.1) is 0 Å². The summed E-state index contributed by atoms with van der Waals surface area (Å²) in [6.45, 7) is 4.26. The second kappa shape index (κ2) is 3.72. The lowest BCUT2D eigenvalue weighted by molar-refractivity contribution is 0.522. The van der Waals surface area contributed by atoms with E-state index in [9.17, 15) is 0 Å². The van der Waals surface area contributed by atoms with Gasteiger partial charge in [-0.15, -0.1) is 11.6 Å². The molecule has 1 aromatic carbocycles. The molecule has 2 nitrogen and oxygen atoms in total. The van der Waals surface area contributed by atoms with E-state index in [1.54, 1.807) is 0 Å². The number of alkyl halides is 1. The standard InChI is InChI=1S/C13H14BrClN2/c1-8(15)12-16-10-7-9(14)3-4-11(10)17(12)13(2)5-6-13/h3-4,7-8H,5-6H2,1-2H3. The summed E-state index contributed by atoms with van der Waals surface area (Å²) >= 11 is 9.75. The van der Waals surface area contributed by atoms with Crippen molar-refractivity contribution < 1.29 is 0 Å². The number of hydrogen-bond acceptors (Lipinski definition) is 1. The Bertz CT molecular complexity index is 584.